The van der Waals surface area contributed by atoms with Gasteiger partial charge in [-0.2, -0.15) is 0 Å². The average molecular weight is 295 g/mol. The Labute approximate surface area is 133 Å². The number of hydrogen-bond acceptors (Lipinski definition) is 3. The molecule has 116 valence electrons. The van der Waals surface area contributed by atoms with E-state index in [0.717, 1.165) is 13.0 Å². The van der Waals surface area contributed by atoms with Crippen molar-refractivity contribution < 1.29 is 0 Å². The van der Waals surface area contributed by atoms with Gasteiger partial charge in [-0.1, -0.05) is 38.1 Å². The van der Waals surface area contributed by atoms with Crippen LogP contribution in [-0.4, -0.2) is 4.98 Å². The Balaban J connectivity index is 1.81. The number of benzene rings is 1. The molecule has 1 aromatic heterocycles. The largest absolute Gasteiger partial charge is 0.384 e. The van der Waals surface area contributed by atoms with Crippen LogP contribution >= 0.6 is 0 Å². The molecular weight excluding hydrogens is 270 g/mol. The standard InChI is InChI=1S/C19H25N3/c1-19(2)9-7-15-5-3-4-6-16(15)17(12-19)22-13-14-8-10-21-18(20)11-14/h3-6,8,10-11,17,22H,7,9,12-13H2,1-2H3,(H2,20,21). The molecule has 0 radical (unpaired) electrons. The molecule has 0 saturated heterocycles. The lowest BCUT2D eigenvalue weighted by atomic mass is 9.83. The lowest BCUT2D eigenvalue weighted by Crippen LogP contribution is -2.25. The third-order valence-electron chi connectivity index (χ3n) is 4.66. The Hall–Kier alpha value is -1.87. The number of aryl methyl sites for hydroxylation is 1. The molecule has 3 rings (SSSR count). The summed E-state index contributed by atoms with van der Waals surface area (Å²) in [6.07, 6.45) is 5.34. The number of rotatable bonds is 3. The summed E-state index contributed by atoms with van der Waals surface area (Å²) in [5, 5.41) is 3.73. The average Bonchev–Trinajstić information content (AvgIpc) is 2.62. The van der Waals surface area contributed by atoms with Crippen LogP contribution in [0.2, 0.25) is 0 Å². The second-order valence-electron chi connectivity index (χ2n) is 7.09. The monoisotopic (exact) mass is 295 g/mol. The van der Waals surface area contributed by atoms with Crippen LogP contribution in [0.1, 0.15) is 49.4 Å². The van der Waals surface area contributed by atoms with Crippen LogP contribution in [0.25, 0.3) is 0 Å². The van der Waals surface area contributed by atoms with E-state index in [9.17, 15) is 0 Å². The number of anilines is 1. The van der Waals surface area contributed by atoms with Gasteiger partial charge in [0.1, 0.15) is 5.82 Å². The smallest absolute Gasteiger partial charge is 0.123 e. The normalized spacial score (nSPS) is 20.2. The summed E-state index contributed by atoms with van der Waals surface area (Å²) in [5.41, 5.74) is 10.3. The van der Waals surface area contributed by atoms with Crippen LogP contribution in [0.15, 0.2) is 42.6 Å². The molecule has 0 amide bonds. The number of nitrogen functional groups attached to an aromatic ring is 1. The van der Waals surface area contributed by atoms with Crippen molar-refractivity contribution in [2.75, 3.05) is 5.73 Å². The number of nitrogens with zero attached hydrogens (tertiary/aromatic N) is 1. The summed E-state index contributed by atoms with van der Waals surface area (Å²) >= 11 is 0. The van der Waals surface area contributed by atoms with Crippen LogP contribution in [0.5, 0.6) is 0 Å². The zero-order valence-corrected chi connectivity index (χ0v) is 13.5. The van der Waals surface area contributed by atoms with Crippen LogP contribution in [0, 0.1) is 5.41 Å². The SMILES string of the molecule is CC1(C)CCc2ccccc2C(NCc2ccnc(N)c2)C1. The van der Waals surface area contributed by atoms with Crippen molar-refractivity contribution in [3.8, 4) is 0 Å². The third kappa shape index (κ3) is 3.47. The maximum atomic E-state index is 5.77. The summed E-state index contributed by atoms with van der Waals surface area (Å²) in [4.78, 5) is 4.06. The zero-order chi connectivity index (χ0) is 15.6. The van der Waals surface area contributed by atoms with Crippen molar-refractivity contribution in [1.29, 1.82) is 0 Å². The predicted molar refractivity (Wildman–Crippen MR) is 91.4 cm³/mol. The van der Waals surface area contributed by atoms with Gasteiger partial charge in [0.2, 0.25) is 0 Å². The van der Waals surface area contributed by atoms with Gasteiger partial charge in [-0.3, -0.25) is 0 Å². The van der Waals surface area contributed by atoms with Gasteiger partial charge in [0.05, 0.1) is 0 Å². The molecule has 2 aromatic rings. The van der Waals surface area contributed by atoms with Gasteiger partial charge in [-0.05, 0) is 53.5 Å². The fourth-order valence-corrected chi connectivity index (χ4v) is 3.37. The number of hydrogen-bond donors (Lipinski definition) is 2. The van der Waals surface area contributed by atoms with Gasteiger partial charge in [0, 0.05) is 18.8 Å². The van der Waals surface area contributed by atoms with Gasteiger partial charge >= 0.3 is 0 Å². The van der Waals surface area contributed by atoms with Crippen LogP contribution in [0.3, 0.4) is 0 Å². The fraction of sp³-hybridized carbons (Fsp3) is 0.421. The first-order chi connectivity index (χ1) is 10.5. The molecule has 3 heteroatoms. The molecular formula is C19H25N3. The summed E-state index contributed by atoms with van der Waals surface area (Å²) in [7, 11) is 0. The van der Waals surface area contributed by atoms with Crippen LogP contribution in [0.4, 0.5) is 5.82 Å². The molecule has 3 nitrogen and oxygen atoms in total. The minimum absolute atomic E-state index is 0.355. The predicted octanol–water partition coefficient (Wildman–Crippen LogP) is 3.86. The number of pyridine rings is 1. The Morgan fingerprint density at radius 2 is 2.09 bits per heavy atom. The molecule has 0 aliphatic heterocycles. The highest BCUT2D eigenvalue weighted by Crippen LogP contribution is 2.39. The second kappa shape index (κ2) is 6.09. The Kier molecular flexibility index (Phi) is 4.16. The van der Waals surface area contributed by atoms with Crippen molar-refractivity contribution in [2.45, 2.75) is 45.7 Å². The van der Waals surface area contributed by atoms with Gasteiger partial charge in [0.25, 0.3) is 0 Å². The highest BCUT2D eigenvalue weighted by Gasteiger charge is 2.28. The molecule has 1 aliphatic rings. The first kappa shape index (κ1) is 15.0. The second-order valence-corrected chi connectivity index (χ2v) is 7.09. The first-order valence-corrected chi connectivity index (χ1v) is 8.05. The summed E-state index contributed by atoms with van der Waals surface area (Å²) in [6.45, 7) is 5.57. The van der Waals surface area contributed by atoms with E-state index in [1.54, 1.807) is 6.20 Å². The van der Waals surface area contributed by atoms with E-state index in [4.69, 9.17) is 5.73 Å². The van der Waals surface area contributed by atoms with Gasteiger partial charge < -0.3 is 11.1 Å². The molecule has 0 saturated carbocycles. The molecule has 0 fully saturated rings. The fourth-order valence-electron chi connectivity index (χ4n) is 3.37. The van der Waals surface area contributed by atoms with Crippen LogP contribution in [-0.2, 0) is 13.0 Å². The molecule has 0 spiro atoms. The van der Waals surface area contributed by atoms with E-state index in [1.165, 1.54) is 29.5 Å². The quantitative estimate of drug-likeness (QED) is 0.845. The lowest BCUT2D eigenvalue weighted by Gasteiger charge is -2.28. The van der Waals surface area contributed by atoms with E-state index >= 15 is 0 Å². The molecule has 1 atom stereocenters. The van der Waals surface area contributed by atoms with Gasteiger partial charge in [0.15, 0.2) is 0 Å². The van der Waals surface area contributed by atoms with Crippen molar-refractivity contribution in [1.82, 2.24) is 10.3 Å². The summed E-state index contributed by atoms with van der Waals surface area (Å²) in [6, 6.07) is 13.2. The molecule has 3 N–H and O–H groups in total. The highest BCUT2D eigenvalue weighted by molar-refractivity contribution is 5.33. The zero-order valence-electron chi connectivity index (χ0n) is 13.5. The molecule has 1 heterocycles. The maximum Gasteiger partial charge on any atom is 0.123 e. The summed E-state index contributed by atoms with van der Waals surface area (Å²) in [5.74, 6) is 0.584. The van der Waals surface area contributed by atoms with Gasteiger partial charge in [-0.15, -0.1) is 0 Å². The van der Waals surface area contributed by atoms with Crippen molar-refractivity contribution in [2.24, 2.45) is 5.41 Å². The van der Waals surface area contributed by atoms with Crippen LogP contribution < -0.4 is 11.1 Å². The maximum absolute atomic E-state index is 5.77. The molecule has 1 aromatic carbocycles. The van der Waals surface area contributed by atoms with E-state index in [-0.39, 0.29) is 0 Å². The number of aromatic nitrogens is 1. The molecule has 22 heavy (non-hydrogen) atoms. The van der Waals surface area contributed by atoms with Crippen molar-refractivity contribution >= 4 is 5.82 Å². The Bertz CT molecular complexity index is 649. The van der Waals surface area contributed by atoms with E-state index in [1.807, 2.05) is 12.1 Å². The molecule has 0 bridgehead atoms. The van der Waals surface area contributed by atoms with Crippen molar-refractivity contribution in [3.63, 3.8) is 0 Å². The minimum Gasteiger partial charge on any atom is -0.384 e. The highest BCUT2D eigenvalue weighted by atomic mass is 14.9. The summed E-state index contributed by atoms with van der Waals surface area (Å²) < 4.78 is 0. The topological polar surface area (TPSA) is 50.9 Å². The number of nitrogens with one attached hydrogen (secondary N) is 1. The van der Waals surface area contributed by atoms with E-state index < -0.39 is 0 Å². The molecule has 1 aliphatic carbocycles. The van der Waals surface area contributed by atoms with Gasteiger partial charge in [-0.25, -0.2) is 4.98 Å². The first-order valence-electron chi connectivity index (χ1n) is 8.05. The Morgan fingerprint density at radius 1 is 1.27 bits per heavy atom. The Morgan fingerprint density at radius 3 is 2.91 bits per heavy atom. The van der Waals surface area contributed by atoms with Crippen molar-refractivity contribution in [3.05, 3.63) is 59.3 Å². The van der Waals surface area contributed by atoms with E-state index in [0.29, 0.717) is 17.3 Å². The third-order valence-corrected chi connectivity index (χ3v) is 4.66. The lowest BCUT2D eigenvalue weighted by molar-refractivity contribution is 0.272. The molecule has 1 unspecified atom stereocenters. The number of nitrogens with two attached hydrogens (primary N) is 1. The number of fused-ring (bicyclic) bond motifs is 1. The minimum atomic E-state index is 0.355. The van der Waals surface area contributed by atoms with E-state index in [2.05, 4.69) is 48.4 Å².